The van der Waals surface area contributed by atoms with Gasteiger partial charge in [-0.15, -0.1) is 5.10 Å². The lowest BCUT2D eigenvalue weighted by Crippen LogP contribution is -2.14. The number of nitrogens with zero attached hydrogens (tertiary/aromatic N) is 4. The minimum absolute atomic E-state index is 0.0530. The lowest BCUT2D eigenvalue weighted by molar-refractivity contribution is 0.663. The molecule has 0 aliphatic heterocycles. The molecule has 1 aromatic heterocycles. The molecular weight excluding hydrogens is 270 g/mol. The standard InChI is InChI=1S/C14H15N5S/c1-19-14(16-17-18-19)20-9-13(15)12-8-4-6-10-5-2-3-7-11(10)12/h2-8,13H,9,15H2,1H3. The third-order valence-corrected chi connectivity index (χ3v) is 4.33. The van der Waals surface area contributed by atoms with Crippen LogP contribution in [-0.4, -0.2) is 26.0 Å². The molecule has 0 amide bonds. The van der Waals surface area contributed by atoms with Crippen molar-refractivity contribution in [3.8, 4) is 0 Å². The van der Waals surface area contributed by atoms with Crippen molar-refractivity contribution in [2.45, 2.75) is 11.2 Å². The first-order valence-electron chi connectivity index (χ1n) is 6.34. The van der Waals surface area contributed by atoms with Gasteiger partial charge in [-0.3, -0.25) is 0 Å². The second-order valence-electron chi connectivity index (χ2n) is 4.57. The fourth-order valence-electron chi connectivity index (χ4n) is 2.17. The van der Waals surface area contributed by atoms with Crippen molar-refractivity contribution in [3.05, 3.63) is 48.0 Å². The van der Waals surface area contributed by atoms with Gasteiger partial charge in [0.1, 0.15) is 0 Å². The molecular formula is C14H15N5S. The van der Waals surface area contributed by atoms with Crippen LogP contribution in [0.2, 0.25) is 0 Å². The van der Waals surface area contributed by atoms with E-state index in [4.69, 9.17) is 5.73 Å². The topological polar surface area (TPSA) is 69.6 Å². The van der Waals surface area contributed by atoms with E-state index in [1.807, 2.05) is 25.2 Å². The molecule has 102 valence electrons. The number of hydrogen-bond donors (Lipinski definition) is 1. The summed E-state index contributed by atoms with van der Waals surface area (Å²) in [5.41, 5.74) is 7.49. The fourth-order valence-corrected chi connectivity index (χ4v) is 3.00. The fraction of sp³-hybridized carbons (Fsp3) is 0.214. The van der Waals surface area contributed by atoms with Crippen LogP contribution in [0, 0.1) is 0 Å². The molecule has 1 heterocycles. The van der Waals surface area contributed by atoms with Crippen molar-refractivity contribution in [3.63, 3.8) is 0 Å². The molecule has 1 atom stereocenters. The van der Waals surface area contributed by atoms with Gasteiger partial charge in [0.15, 0.2) is 0 Å². The molecule has 0 saturated heterocycles. The van der Waals surface area contributed by atoms with E-state index in [-0.39, 0.29) is 6.04 Å². The molecule has 0 bridgehead atoms. The number of tetrazole rings is 1. The van der Waals surface area contributed by atoms with Gasteiger partial charge in [0.2, 0.25) is 5.16 Å². The molecule has 3 rings (SSSR count). The van der Waals surface area contributed by atoms with Crippen LogP contribution in [0.15, 0.2) is 47.6 Å². The molecule has 0 radical (unpaired) electrons. The van der Waals surface area contributed by atoms with Crippen molar-refractivity contribution in [2.75, 3.05) is 5.75 Å². The van der Waals surface area contributed by atoms with Gasteiger partial charge in [-0.2, -0.15) is 0 Å². The van der Waals surface area contributed by atoms with Gasteiger partial charge in [-0.05, 0) is 26.8 Å². The van der Waals surface area contributed by atoms with E-state index in [2.05, 4.69) is 39.8 Å². The molecule has 5 nitrogen and oxygen atoms in total. The minimum atomic E-state index is -0.0530. The van der Waals surface area contributed by atoms with Crippen LogP contribution in [0.25, 0.3) is 10.8 Å². The predicted molar refractivity (Wildman–Crippen MR) is 80.4 cm³/mol. The van der Waals surface area contributed by atoms with Crippen LogP contribution in [0.1, 0.15) is 11.6 Å². The Kier molecular flexibility index (Phi) is 3.66. The Labute approximate surface area is 121 Å². The highest BCUT2D eigenvalue weighted by molar-refractivity contribution is 7.99. The van der Waals surface area contributed by atoms with E-state index < -0.39 is 0 Å². The Morgan fingerprint density at radius 2 is 2.00 bits per heavy atom. The van der Waals surface area contributed by atoms with Crippen LogP contribution in [-0.2, 0) is 7.05 Å². The van der Waals surface area contributed by atoms with E-state index in [1.165, 1.54) is 10.8 Å². The monoisotopic (exact) mass is 285 g/mol. The third kappa shape index (κ3) is 2.52. The van der Waals surface area contributed by atoms with Crippen LogP contribution >= 0.6 is 11.8 Å². The van der Waals surface area contributed by atoms with E-state index in [9.17, 15) is 0 Å². The van der Waals surface area contributed by atoms with E-state index in [1.54, 1.807) is 16.4 Å². The van der Waals surface area contributed by atoms with Gasteiger partial charge in [0.05, 0.1) is 0 Å². The maximum absolute atomic E-state index is 6.33. The Morgan fingerprint density at radius 1 is 1.20 bits per heavy atom. The lowest BCUT2D eigenvalue weighted by Gasteiger charge is -2.13. The molecule has 0 spiro atoms. The Hall–Kier alpha value is -1.92. The van der Waals surface area contributed by atoms with Crippen LogP contribution in [0.5, 0.6) is 0 Å². The summed E-state index contributed by atoms with van der Waals surface area (Å²) in [6, 6.07) is 14.5. The summed E-state index contributed by atoms with van der Waals surface area (Å²) in [7, 11) is 1.83. The Bertz CT molecular complexity index is 719. The van der Waals surface area contributed by atoms with Crippen molar-refractivity contribution in [1.29, 1.82) is 0 Å². The number of thioether (sulfide) groups is 1. The summed E-state index contributed by atoms with van der Waals surface area (Å²) in [6.07, 6.45) is 0. The maximum atomic E-state index is 6.33. The summed E-state index contributed by atoms with van der Waals surface area (Å²) in [4.78, 5) is 0. The second-order valence-corrected chi connectivity index (χ2v) is 5.56. The molecule has 2 aromatic carbocycles. The molecule has 0 fully saturated rings. The minimum Gasteiger partial charge on any atom is -0.323 e. The third-order valence-electron chi connectivity index (χ3n) is 3.20. The highest BCUT2D eigenvalue weighted by Crippen LogP contribution is 2.26. The summed E-state index contributed by atoms with van der Waals surface area (Å²) >= 11 is 1.57. The quantitative estimate of drug-likeness (QED) is 0.744. The number of hydrogen-bond acceptors (Lipinski definition) is 5. The van der Waals surface area contributed by atoms with Gasteiger partial charge in [-0.25, -0.2) is 4.68 Å². The first kappa shape index (κ1) is 13.1. The Morgan fingerprint density at radius 3 is 2.80 bits per heavy atom. The van der Waals surface area contributed by atoms with Gasteiger partial charge < -0.3 is 5.73 Å². The lowest BCUT2D eigenvalue weighted by atomic mass is 10.0. The van der Waals surface area contributed by atoms with Gasteiger partial charge in [0, 0.05) is 18.8 Å². The first-order valence-corrected chi connectivity index (χ1v) is 7.32. The molecule has 6 heteroatoms. The van der Waals surface area contributed by atoms with Gasteiger partial charge in [-0.1, -0.05) is 54.2 Å². The summed E-state index contributed by atoms with van der Waals surface area (Å²) < 4.78 is 1.65. The average molecular weight is 285 g/mol. The van der Waals surface area contributed by atoms with Crippen molar-refractivity contribution in [1.82, 2.24) is 20.2 Å². The van der Waals surface area contributed by atoms with Crippen LogP contribution in [0.4, 0.5) is 0 Å². The number of benzene rings is 2. The number of aryl methyl sites for hydroxylation is 1. The molecule has 1 unspecified atom stereocenters. The molecule has 3 aromatic rings. The predicted octanol–water partition coefficient (Wildman–Crippen LogP) is 2.16. The summed E-state index contributed by atoms with van der Waals surface area (Å²) in [5.74, 6) is 0.738. The molecule has 0 saturated carbocycles. The maximum Gasteiger partial charge on any atom is 0.209 e. The molecule has 0 aliphatic carbocycles. The van der Waals surface area contributed by atoms with Gasteiger partial charge >= 0.3 is 0 Å². The van der Waals surface area contributed by atoms with E-state index in [0.29, 0.717) is 0 Å². The van der Waals surface area contributed by atoms with E-state index >= 15 is 0 Å². The van der Waals surface area contributed by atoms with Crippen LogP contribution in [0.3, 0.4) is 0 Å². The number of aromatic nitrogens is 4. The number of nitrogens with two attached hydrogens (primary N) is 1. The Balaban J connectivity index is 1.82. The molecule has 0 aliphatic rings. The highest BCUT2D eigenvalue weighted by Gasteiger charge is 2.12. The number of fused-ring (bicyclic) bond motifs is 1. The van der Waals surface area contributed by atoms with Crippen molar-refractivity contribution in [2.24, 2.45) is 12.8 Å². The zero-order valence-corrected chi connectivity index (χ0v) is 11.9. The zero-order valence-electron chi connectivity index (χ0n) is 11.1. The number of rotatable bonds is 4. The van der Waals surface area contributed by atoms with Crippen molar-refractivity contribution >= 4 is 22.5 Å². The second kappa shape index (κ2) is 5.60. The summed E-state index contributed by atoms with van der Waals surface area (Å²) in [6.45, 7) is 0. The highest BCUT2D eigenvalue weighted by atomic mass is 32.2. The first-order chi connectivity index (χ1) is 9.75. The SMILES string of the molecule is Cn1nnnc1SCC(N)c1cccc2ccccc12. The normalized spacial score (nSPS) is 12.7. The zero-order chi connectivity index (χ0) is 13.9. The van der Waals surface area contributed by atoms with Gasteiger partial charge in [0.25, 0.3) is 0 Å². The van der Waals surface area contributed by atoms with Crippen molar-refractivity contribution < 1.29 is 0 Å². The molecule has 20 heavy (non-hydrogen) atoms. The smallest absolute Gasteiger partial charge is 0.209 e. The largest absolute Gasteiger partial charge is 0.323 e. The van der Waals surface area contributed by atoms with E-state index in [0.717, 1.165) is 16.5 Å². The average Bonchev–Trinajstić information content (AvgIpc) is 2.89. The molecule has 2 N–H and O–H groups in total. The summed E-state index contributed by atoms with van der Waals surface area (Å²) in [5, 5.41) is 14.6. The van der Waals surface area contributed by atoms with Crippen LogP contribution < -0.4 is 5.73 Å².